The molecule has 118 valence electrons. The van der Waals surface area contributed by atoms with Gasteiger partial charge < -0.3 is 5.32 Å². The lowest BCUT2D eigenvalue weighted by Crippen LogP contribution is -2.25. The van der Waals surface area contributed by atoms with E-state index in [1.165, 1.54) is 19.3 Å². The molecule has 2 heteroatoms. The smallest absolute Gasteiger partial charge is 0.220 e. The van der Waals surface area contributed by atoms with Crippen LogP contribution < -0.4 is 5.32 Å². The third-order valence-corrected chi connectivity index (χ3v) is 3.63. The first-order valence-electron chi connectivity index (χ1n) is 7.78. The maximum atomic E-state index is 11.5. The molecule has 0 aromatic rings. The SMILES string of the molecule is CNC(=O)CC(C)(C)/C=C/C(C)(C)CCCC(C)(C)C. The molecule has 1 amide bonds. The summed E-state index contributed by atoms with van der Waals surface area (Å²) in [7, 11) is 1.69. The van der Waals surface area contributed by atoms with Crippen LogP contribution in [0.1, 0.15) is 74.1 Å². The average molecular weight is 281 g/mol. The maximum Gasteiger partial charge on any atom is 0.220 e. The molecule has 0 atom stereocenters. The number of hydrogen-bond acceptors (Lipinski definition) is 1. The second kappa shape index (κ2) is 7.28. The van der Waals surface area contributed by atoms with Crippen molar-refractivity contribution in [3.63, 3.8) is 0 Å². The third kappa shape index (κ3) is 10.1. The standard InChI is InChI=1S/C18H35NO/c1-16(2,3)10-9-11-17(4,5)12-13-18(6,7)14-15(20)19-8/h12-13H,9-11,14H2,1-8H3,(H,19,20)/b13-12+. The summed E-state index contributed by atoms with van der Waals surface area (Å²) >= 11 is 0. The van der Waals surface area contributed by atoms with Gasteiger partial charge in [-0.15, -0.1) is 0 Å². The molecule has 20 heavy (non-hydrogen) atoms. The van der Waals surface area contributed by atoms with Gasteiger partial charge in [0.1, 0.15) is 0 Å². The fraction of sp³-hybridized carbons (Fsp3) is 0.833. The molecule has 0 heterocycles. The van der Waals surface area contributed by atoms with Crippen molar-refractivity contribution in [2.45, 2.75) is 74.1 Å². The van der Waals surface area contributed by atoms with Crippen LogP contribution in [0.2, 0.25) is 0 Å². The van der Waals surface area contributed by atoms with Crippen LogP contribution in [0, 0.1) is 16.2 Å². The molecule has 0 aliphatic carbocycles. The minimum atomic E-state index is -0.0820. The summed E-state index contributed by atoms with van der Waals surface area (Å²) in [6, 6.07) is 0. The molecule has 0 saturated heterocycles. The minimum Gasteiger partial charge on any atom is -0.359 e. The van der Waals surface area contributed by atoms with E-state index >= 15 is 0 Å². The van der Waals surface area contributed by atoms with Gasteiger partial charge in [-0.2, -0.15) is 0 Å². The van der Waals surface area contributed by atoms with E-state index in [4.69, 9.17) is 0 Å². The van der Waals surface area contributed by atoms with Crippen LogP contribution in [0.3, 0.4) is 0 Å². The normalized spacial score (nSPS) is 13.8. The van der Waals surface area contributed by atoms with E-state index in [9.17, 15) is 4.79 Å². The molecule has 0 aliphatic heterocycles. The molecule has 0 aromatic heterocycles. The van der Waals surface area contributed by atoms with Gasteiger partial charge in [0.2, 0.25) is 5.91 Å². The highest BCUT2D eigenvalue weighted by molar-refractivity contribution is 5.76. The van der Waals surface area contributed by atoms with Gasteiger partial charge in [-0.3, -0.25) is 4.79 Å². The van der Waals surface area contributed by atoms with Gasteiger partial charge in [0.15, 0.2) is 0 Å². The zero-order valence-electron chi connectivity index (χ0n) is 14.9. The number of allylic oxidation sites excluding steroid dienone is 2. The van der Waals surface area contributed by atoms with Crippen molar-refractivity contribution in [1.29, 1.82) is 0 Å². The number of nitrogens with one attached hydrogen (secondary N) is 1. The molecule has 0 bridgehead atoms. The van der Waals surface area contributed by atoms with Gasteiger partial charge in [0, 0.05) is 13.5 Å². The Morgan fingerprint density at radius 1 is 0.900 bits per heavy atom. The predicted molar refractivity (Wildman–Crippen MR) is 88.7 cm³/mol. The average Bonchev–Trinajstić information content (AvgIpc) is 2.24. The second-order valence-electron chi connectivity index (χ2n) is 8.57. The zero-order chi connectivity index (χ0) is 16.0. The van der Waals surface area contributed by atoms with E-state index in [-0.39, 0.29) is 16.7 Å². The Morgan fingerprint density at radius 3 is 1.85 bits per heavy atom. The van der Waals surface area contributed by atoms with Crippen LogP contribution in [0.4, 0.5) is 0 Å². The zero-order valence-corrected chi connectivity index (χ0v) is 14.9. The van der Waals surface area contributed by atoms with Gasteiger partial charge in [-0.1, -0.05) is 67.0 Å². The topological polar surface area (TPSA) is 29.1 Å². The van der Waals surface area contributed by atoms with Crippen molar-refractivity contribution in [3.8, 4) is 0 Å². The van der Waals surface area contributed by atoms with Crippen LogP contribution in [0.5, 0.6) is 0 Å². The number of carbonyl (C=O) groups is 1. The Kier molecular flexibility index (Phi) is 7.00. The van der Waals surface area contributed by atoms with Crippen LogP contribution in [0.15, 0.2) is 12.2 Å². The lowest BCUT2D eigenvalue weighted by molar-refractivity contribution is -0.122. The molecular weight excluding hydrogens is 246 g/mol. The Morgan fingerprint density at radius 2 is 1.40 bits per heavy atom. The molecule has 0 aliphatic rings. The summed E-state index contributed by atoms with van der Waals surface area (Å²) in [6.45, 7) is 15.7. The van der Waals surface area contributed by atoms with Crippen molar-refractivity contribution in [2.24, 2.45) is 16.2 Å². The third-order valence-electron chi connectivity index (χ3n) is 3.63. The molecule has 0 saturated carbocycles. The van der Waals surface area contributed by atoms with Crippen LogP contribution in [0.25, 0.3) is 0 Å². The van der Waals surface area contributed by atoms with E-state index in [1.54, 1.807) is 7.05 Å². The lowest BCUT2D eigenvalue weighted by Gasteiger charge is -2.26. The van der Waals surface area contributed by atoms with Crippen LogP contribution in [-0.4, -0.2) is 13.0 Å². The largest absolute Gasteiger partial charge is 0.359 e. The molecule has 0 unspecified atom stereocenters. The number of rotatable bonds is 7. The number of hydrogen-bond donors (Lipinski definition) is 1. The van der Waals surface area contributed by atoms with E-state index in [1.807, 2.05) is 0 Å². The lowest BCUT2D eigenvalue weighted by atomic mass is 9.79. The van der Waals surface area contributed by atoms with Gasteiger partial charge in [0.25, 0.3) is 0 Å². The second-order valence-corrected chi connectivity index (χ2v) is 8.57. The number of carbonyl (C=O) groups excluding carboxylic acids is 1. The minimum absolute atomic E-state index is 0.0820. The van der Waals surface area contributed by atoms with Crippen molar-refractivity contribution >= 4 is 5.91 Å². The van der Waals surface area contributed by atoms with Gasteiger partial charge in [-0.25, -0.2) is 0 Å². The first-order chi connectivity index (χ1) is 8.87. The molecular formula is C18H35NO. The highest BCUT2D eigenvalue weighted by Crippen LogP contribution is 2.32. The van der Waals surface area contributed by atoms with E-state index in [0.29, 0.717) is 11.8 Å². The van der Waals surface area contributed by atoms with Gasteiger partial charge in [0.05, 0.1) is 0 Å². The van der Waals surface area contributed by atoms with Crippen molar-refractivity contribution in [2.75, 3.05) is 7.05 Å². The first-order valence-corrected chi connectivity index (χ1v) is 7.78. The van der Waals surface area contributed by atoms with E-state index in [2.05, 4.69) is 65.9 Å². The Hall–Kier alpha value is -0.790. The van der Waals surface area contributed by atoms with E-state index < -0.39 is 0 Å². The highest BCUT2D eigenvalue weighted by atomic mass is 16.1. The van der Waals surface area contributed by atoms with Crippen LogP contribution in [-0.2, 0) is 4.79 Å². The Labute approximate surface area is 126 Å². The fourth-order valence-electron chi connectivity index (χ4n) is 2.17. The molecule has 2 nitrogen and oxygen atoms in total. The summed E-state index contributed by atoms with van der Waals surface area (Å²) in [6.07, 6.45) is 8.73. The Balaban J connectivity index is 4.43. The first kappa shape index (κ1) is 19.2. The van der Waals surface area contributed by atoms with Gasteiger partial charge >= 0.3 is 0 Å². The molecule has 0 aromatic carbocycles. The molecule has 0 fully saturated rings. The van der Waals surface area contributed by atoms with Crippen molar-refractivity contribution in [1.82, 2.24) is 5.32 Å². The number of amides is 1. The summed E-state index contributed by atoms with van der Waals surface area (Å²) in [4.78, 5) is 11.5. The summed E-state index contributed by atoms with van der Waals surface area (Å²) in [5.74, 6) is 0.102. The van der Waals surface area contributed by atoms with Gasteiger partial charge in [-0.05, 0) is 29.1 Å². The quantitative estimate of drug-likeness (QED) is 0.657. The Bertz CT molecular complexity index is 332. The summed E-state index contributed by atoms with van der Waals surface area (Å²) in [5, 5.41) is 2.70. The fourth-order valence-corrected chi connectivity index (χ4v) is 2.17. The molecule has 0 radical (unpaired) electrons. The monoisotopic (exact) mass is 281 g/mol. The molecule has 0 spiro atoms. The van der Waals surface area contributed by atoms with Crippen molar-refractivity contribution in [3.05, 3.63) is 12.2 Å². The maximum absolute atomic E-state index is 11.5. The van der Waals surface area contributed by atoms with Crippen LogP contribution >= 0.6 is 0 Å². The predicted octanol–water partition coefficient (Wildman–Crippen LogP) is 4.95. The molecule has 1 N–H and O–H groups in total. The highest BCUT2D eigenvalue weighted by Gasteiger charge is 2.21. The molecule has 0 rings (SSSR count). The summed E-state index contributed by atoms with van der Waals surface area (Å²) < 4.78 is 0. The van der Waals surface area contributed by atoms with Crippen molar-refractivity contribution < 1.29 is 4.79 Å². The van der Waals surface area contributed by atoms with E-state index in [0.717, 1.165) is 0 Å². The summed E-state index contributed by atoms with van der Waals surface area (Å²) in [5.41, 5.74) is 0.533.